The largest absolute Gasteiger partial charge is 0.350 e. The molecule has 1 aromatic carbocycles. The van der Waals surface area contributed by atoms with Gasteiger partial charge in [-0.15, -0.1) is 0 Å². The molecule has 2 amide bonds. The number of sulfone groups is 1. The van der Waals surface area contributed by atoms with Gasteiger partial charge in [0.15, 0.2) is 9.84 Å². The first-order chi connectivity index (χ1) is 13.5. The van der Waals surface area contributed by atoms with Crippen molar-refractivity contribution < 1.29 is 18.0 Å². The van der Waals surface area contributed by atoms with Crippen LogP contribution >= 0.6 is 0 Å². The van der Waals surface area contributed by atoms with Crippen molar-refractivity contribution in [3.63, 3.8) is 0 Å². The van der Waals surface area contributed by atoms with E-state index in [1.54, 1.807) is 23.1 Å². The van der Waals surface area contributed by atoms with Crippen molar-refractivity contribution in [2.24, 2.45) is 11.8 Å². The number of benzene rings is 1. The topological polar surface area (TPSA) is 83.6 Å². The summed E-state index contributed by atoms with van der Waals surface area (Å²) in [7, 11) is -3.25. The van der Waals surface area contributed by atoms with Gasteiger partial charge in [0.1, 0.15) is 6.04 Å². The molecule has 1 aliphatic heterocycles. The molecule has 0 radical (unpaired) electrons. The zero-order chi connectivity index (χ0) is 21.8. The molecular weight excluding hydrogens is 388 g/mol. The lowest BCUT2D eigenvalue weighted by atomic mass is 9.95. The third-order valence-corrected chi connectivity index (χ3v) is 6.03. The summed E-state index contributed by atoms with van der Waals surface area (Å²) in [6.07, 6.45) is 5.72. The maximum Gasteiger partial charge on any atom is 0.247 e. The third kappa shape index (κ3) is 6.70. The number of rotatable bonds is 7. The van der Waals surface area contributed by atoms with Gasteiger partial charge in [0.05, 0.1) is 4.90 Å². The Morgan fingerprint density at radius 1 is 1.14 bits per heavy atom. The van der Waals surface area contributed by atoms with Crippen molar-refractivity contribution in [3.8, 4) is 0 Å². The number of piperazine rings is 1. The average Bonchev–Trinajstić information content (AvgIpc) is 2.60. The summed E-state index contributed by atoms with van der Waals surface area (Å²) in [6, 6.07) is 5.86. The zero-order valence-corrected chi connectivity index (χ0v) is 18.7. The van der Waals surface area contributed by atoms with Crippen molar-refractivity contribution in [2.45, 2.75) is 57.5 Å². The van der Waals surface area contributed by atoms with Gasteiger partial charge in [-0.25, -0.2) is 8.42 Å². The van der Waals surface area contributed by atoms with Crippen LogP contribution in [0, 0.1) is 11.8 Å². The Morgan fingerprint density at radius 2 is 1.72 bits per heavy atom. The van der Waals surface area contributed by atoms with Crippen molar-refractivity contribution in [3.05, 3.63) is 35.9 Å². The molecule has 0 bridgehead atoms. The first kappa shape index (κ1) is 23.1. The molecule has 0 aliphatic carbocycles. The Morgan fingerprint density at radius 3 is 2.24 bits per heavy atom. The second kappa shape index (κ2) is 9.57. The van der Waals surface area contributed by atoms with Gasteiger partial charge in [0.25, 0.3) is 0 Å². The van der Waals surface area contributed by atoms with Crippen LogP contribution in [-0.2, 0) is 19.4 Å². The number of carbonyl (C=O) groups is 2. The molecule has 1 heterocycles. The van der Waals surface area contributed by atoms with E-state index in [-0.39, 0.29) is 28.7 Å². The van der Waals surface area contributed by atoms with E-state index in [9.17, 15) is 18.0 Å². The predicted octanol–water partition coefficient (Wildman–Crippen LogP) is 2.89. The van der Waals surface area contributed by atoms with Crippen molar-refractivity contribution >= 4 is 27.7 Å². The van der Waals surface area contributed by atoms with E-state index in [2.05, 4.69) is 19.2 Å². The fourth-order valence-electron chi connectivity index (χ4n) is 3.57. The van der Waals surface area contributed by atoms with Crippen molar-refractivity contribution in [2.75, 3.05) is 12.8 Å². The van der Waals surface area contributed by atoms with Gasteiger partial charge in [-0.2, -0.15) is 0 Å². The summed E-state index contributed by atoms with van der Waals surface area (Å²) in [5, 5.41) is 3.07. The summed E-state index contributed by atoms with van der Waals surface area (Å²) in [4.78, 5) is 27.5. The smallest absolute Gasteiger partial charge is 0.247 e. The highest BCUT2D eigenvalue weighted by molar-refractivity contribution is 7.90. The van der Waals surface area contributed by atoms with Crippen LogP contribution in [-0.4, -0.2) is 50.0 Å². The van der Waals surface area contributed by atoms with Crippen LogP contribution in [0.4, 0.5) is 0 Å². The first-order valence-electron chi connectivity index (χ1n) is 10.1. The van der Waals surface area contributed by atoms with Crippen molar-refractivity contribution in [1.29, 1.82) is 0 Å². The maximum absolute atomic E-state index is 12.9. The first-order valence-corrected chi connectivity index (χ1v) is 12.0. The zero-order valence-electron chi connectivity index (χ0n) is 17.9. The van der Waals surface area contributed by atoms with E-state index in [0.717, 1.165) is 18.2 Å². The number of nitrogens with zero attached hydrogens (tertiary/aromatic N) is 1. The summed E-state index contributed by atoms with van der Waals surface area (Å²) in [6.45, 7) is 8.76. The predicted molar refractivity (Wildman–Crippen MR) is 115 cm³/mol. The lowest BCUT2D eigenvalue weighted by Gasteiger charge is -2.40. The van der Waals surface area contributed by atoms with E-state index < -0.39 is 15.9 Å². The molecule has 0 saturated carbocycles. The molecule has 1 fully saturated rings. The Hall–Kier alpha value is -2.15. The fourth-order valence-corrected chi connectivity index (χ4v) is 4.20. The van der Waals surface area contributed by atoms with Crippen LogP contribution in [0.3, 0.4) is 0 Å². The van der Waals surface area contributed by atoms with Crippen LogP contribution in [0.1, 0.15) is 46.1 Å². The molecule has 0 aromatic heterocycles. The van der Waals surface area contributed by atoms with E-state index >= 15 is 0 Å². The monoisotopic (exact) mass is 420 g/mol. The Labute approximate surface area is 174 Å². The van der Waals surface area contributed by atoms with Crippen LogP contribution in [0.2, 0.25) is 0 Å². The van der Waals surface area contributed by atoms with Crippen molar-refractivity contribution in [1.82, 2.24) is 10.2 Å². The van der Waals surface area contributed by atoms with Gasteiger partial charge >= 0.3 is 0 Å². The standard InChI is InChI=1S/C22H32N2O4S/c1-15(2)12-18-14-24(20(13-16(3)4)22(26)23-18)21(25)11-8-17-6-9-19(10-7-17)29(5,27)28/h6-11,15-16,18,20H,12-14H2,1-5H3,(H,23,26)/t18-,20-/m0/s1. The molecule has 1 aliphatic rings. The van der Waals surface area contributed by atoms with Crippen LogP contribution < -0.4 is 5.32 Å². The molecule has 2 atom stereocenters. The lowest BCUT2D eigenvalue weighted by Crippen LogP contribution is -2.61. The minimum atomic E-state index is -3.25. The fraction of sp³-hybridized carbons (Fsp3) is 0.545. The second-order valence-corrected chi connectivity index (χ2v) is 10.7. The van der Waals surface area contributed by atoms with Gasteiger partial charge in [-0.05, 0) is 48.4 Å². The maximum atomic E-state index is 12.9. The normalized spacial score (nSPS) is 20.5. The Balaban J connectivity index is 2.18. The van der Waals surface area contributed by atoms with Crippen LogP contribution in [0.15, 0.2) is 35.2 Å². The van der Waals surface area contributed by atoms with Gasteiger partial charge < -0.3 is 10.2 Å². The number of hydrogen-bond donors (Lipinski definition) is 1. The van der Waals surface area contributed by atoms with E-state index in [0.29, 0.717) is 18.9 Å². The Bertz CT molecular complexity index is 857. The Kier molecular flexibility index (Phi) is 7.63. The van der Waals surface area contributed by atoms with Gasteiger partial charge in [-0.1, -0.05) is 39.8 Å². The van der Waals surface area contributed by atoms with E-state index in [1.807, 2.05) is 13.8 Å². The van der Waals surface area contributed by atoms with Gasteiger partial charge in [0.2, 0.25) is 11.8 Å². The molecule has 1 N–H and O–H groups in total. The molecular formula is C22H32N2O4S. The summed E-state index contributed by atoms with van der Waals surface area (Å²) in [5.41, 5.74) is 0.728. The second-order valence-electron chi connectivity index (χ2n) is 8.65. The summed E-state index contributed by atoms with van der Waals surface area (Å²) >= 11 is 0. The molecule has 6 nitrogen and oxygen atoms in total. The molecule has 0 spiro atoms. The number of carbonyl (C=O) groups excluding carboxylic acids is 2. The molecule has 2 rings (SSSR count). The SMILES string of the molecule is CC(C)C[C@H]1CN(C(=O)C=Cc2ccc(S(C)(=O)=O)cc2)[C@@H](CC(C)C)C(=O)N1. The summed E-state index contributed by atoms with van der Waals surface area (Å²) < 4.78 is 23.1. The highest BCUT2D eigenvalue weighted by Crippen LogP contribution is 2.20. The highest BCUT2D eigenvalue weighted by Gasteiger charge is 2.36. The molecule has 160 valence electrons. The lowest BCUT2D eigenvalue weighted by molar-refractivity contribution is -0.142. The number of nitrogens with one attached hydrogen (secondary N) is 1. The average molecular weight is 421 g/mol. The number of amides is 2. The molecule has 1 saturated heterocycles. The quantitative estimate of drug-likeness (QED) is 0.688. The molecule has 29 heavy (non-hydrogen) atoms. The molecule has 0 unspecified atom stereocenters. The third-order valence-electron chi connectivity index (χ3n) is 4.90. The number of hydrogen-bond acceptors (Lipinski definition) is 4. The summed E-state index contributed by atoms with van der Waals surface area (Å²) in [5.74, 6) is 0.416. The van der Waals surface area contributed by atoms with Crippen LogP contribution in [0.25, 0.3) is 6.08 Å². The van der Waals surface area contributed by atoms with Gasteiger partial charge in [0, 0.05) is 24.9 Å². The minimum absolute atomic E-state index is 0.0442. The molecule has 1 aromatic rings. The van der Waals surface area contributed by atoms with E-state index in [1.165, 1.54) is 18.2 Å². The van der Waals surface area contributed by atoms with Crippen LogP contribution in [0.5, 0.6) is 0 Å². The van der Waals surface area contributed by atoms with Gasteiger partial charge in [-0.3, -0.25) is 9.59 Å². The minimum Gasteiger partial charge on any atom is -0.350 e. The highest BCUT2D eigenvalue weighted by atomic mass is 32.2. The van der Waals surface area contributed by atoms with E-state index in [4.69, 9.17) is 0 Å². The molecule has 7 heteroatoms.